The van der Waals surface area contributed by atoms with Crippen molar-refractivity contribution in [2.45, 2.75) is 26.7 Å². The fourth-order valence-electron chi connectivity index (χ4n) is 2.04. The Balaban J connectivity index is 2.44. The minimum absolute atomic E-state index is 0.00202. The third-order valence-corrected chi connectivity index (χ3v) is 3.59. The van der Waals surface area contributed by atoms with Gasteiger partial charge < -0.3 is 14.9 Å². The van der Waals surface area contributed by atoms with Crippen LogP contribution < -0.4 is 0 Å². The van der Waals surface area contributed by atoms with Crippen LogP contribution in [0.1, 0.15) is 26.7 Å². The van der Waals surface area contributed by atoms with Gasteiger partial charge in [0, 0.05) is 26.7 Å². The highest BCUT2D eigenvalue weighted by Gasteiger charge is 2.27. The number of rotatable bonds is 3. The van der Waals surface area contributed by atoms with Crippen LogP contribution in [0.15, 0.2) is 0 Å². The van der Waals surface area contributed by atoms with Gasteiger partial charge in [0.25, 0.3) is 0 Å². The van der Waals surface area contributed by atoms with Gasteiger partial charge in [0.2, 0.25) is 0 Å². The first-order valence-corrected chi connectivity index (χ1v) is 6.13. The normalized spacial score (nSPS) is 24.5. The number of aliphatic carboxylic acids is 1. The number of carboxylic acids is 1. The van der Waals surface area contributed by atoms with E-state index in [9.17, 15) is 9.59 Å². The first-order chi connectivity index (χ1) is 7.91. The molecule has 1 aliphatic heterocycles. The maximum atomic E-state index is 12.0. The third-order valence-electron chi connectivity index (χ3n) is 3.59. The number of carbonyl (C=O) groups is 2. The van der Waals surface area contributed by atoms with Crippen LogP contribution >= 0.6 is 0 Å². The van der Waals surface area contributed by atoms with Crippen LogP contribution in [0, 0.1) is 11.8 Å². The molecule has 0 radical (unpaired) electrons. The molecule has 0 aliphatic carbocycles. The van der Waals surface area contributed by atoms with Crippen LogP contribution in [0.4, 0.5) is 4.79 Å². The van der Waals surface area contributed by atoms with Crippen LogP contribution in [-0.4, -0.2) is 53.6 Å². The van der Waals surface area contributed by atoms with Crippen LogP contribution in [0.2, 0.25) is 0 Å². The summed E-state index contributed by atoms with van der Waals surface area (Å²) in [6.07, 6.45) is 1.03. The van der Waals surface area contributed by atoms with Crippen LogP contribution in [0.25, 0.3) is 0 Å². The Morgan fingerprint density at radius 1 is 1.35 bits per heavy atom. The number of hydrogen-bond donors (Lipinski definition) is 1. The summed E-state index contributed by atoms with van der Waals surface area (Å²) in [7, 11) is 1.66. The minimum Gasteiger partial charge on any atom is -0.481 e. The largest absolute Gasteiger partial charge is 0.481 e. The highest BCUT2D eigenvalue weighted by atomic mass is 16.4. The molecule has 0 aromatic heterocycles. The van der Waals surface area contributed by atoms with Crippen molar-refractivity contribution in [2.75, 3.05) is 26.7 Å². The van der Waals surface area contributed by atoms with Gasteiger partial charge in [-0.1, -0.05) is 13.8 Å². The van der Waals surface area contributed by atoms with E-state index in [1.165, 1.54) is 4.90 Å². The number of nitrogens with zero attached hydrogens (tertiary/aromatic N) is 2. The molecule has 1 aliphatic rings. The van der Waals surface area contributed by atoms with E-state index in [2.05, 4.69) is 13.8 Å². The van der Waals surface area contributed by atoms with E-state index in [1.807, 2.05) is 4.90 Å². The Morgan fingerprint density at radius 2 is 2.00 bits per heavy atom. The van der Waals surface area contributed by atoms with E-state index < -0.39 is 5.97 Å². The molecule has 2 atom stereocenters. The van der Waals surface area contributed by atoms with Gasteiger partial charge in [-0.25, -0.2) is 4.79 Å². The smallest absolute Gasteiger partial charge is 0.319 e. The summed E-state index contributed by atoms with van der Waals surface area (Å²) in [5.41, 5.74) is 0. The summed E-state index contributed by atoms with van der Waals surface area (Å²) in [5.74, 6) is 0.300. The van der Waals surface area contributed by atoms with Crippen molar-refractivity contribution in [3.05, 3.63) is 0 Å². The Hall–Kier alpha value is -1.26. The van der Waals surface area contributed by atoms with E-state index in [1.54, 1.807) is 7.05 Å². The molecule has 0 spiro atoms. The number of likely N-dealkylation sites (tertiary alicyclic amines) is 1. The van der Waals surface area contributed by atoms with Crippen molar-refractivity contribution in [3.8, 4) is 0 Å². The molecule has 17 heavy (non-hydrogen) atoms. The number of piperidine rings is 1. The van der Waals surface area contributed by atoms with E-state index in [4.69, 9.17) is 5.11 Å². The van der Waals surface area contributed by atoms with Crippen LogP contribution in [0.3, 0.4) is 0 Å². The number of carbonyl (C=O) groups excluding carboxylic acids is 1. The molecule has 1 heterocycles. The summed E-state index contributed by atoms with van der Waals surface area (Å²) >= 11 is 0. The molecule has 5 heteroatoms. The zero-order valence-electron chi connectivity index (χ0n) is 10.8. The lowest BCUT2D eigenvalue weighted by Crippen LogP contribution is -2.48. The summed E-state index contributed by atoms with van der Waals surface area (Å²) in [4.78, 5) is 25.8. The fourth-order valence-corrected chi connectivity index (χ4v) is 2.04. The molecule has 0 aromatic rings. The molecule has 1 saturated heterocycles. The van der Waals surface area contributed by atoms with Crippen molar-refractivity contribution >= 4 is 12.0 Å². The number of hydrogen-bond acceptors (Lipinski definition) is 2. The monoisotopic (exact) mass is 242 g/mol. The zero-order chi connectivity index (χ0) is 13.0. The second-order valence-electron chi connectivity index (χ2n) is 5.04. The fraction of sp³-hybridized carbons (Fsp3) is 0.833. The molecule has 0 aromatic carbocycles. The van der Waals surface area contributed by atoms with Crippen molar-refractivity contribution in [1.29, 1.82) is 0 Å². The highest BCUT2D eigenvalue weighted by Crippen LogP contribution is 2.22. The van der Waals surface area contributed by atoms with Gasteiger partial charge in [-0.2, -0.15) is 0 Å². The lowest BCUT2D eigenvalue weighted by molar-refractivity contribution is -0.137. The van der Waals surface area contributed by atoms with Gasteiger partial charge in [0.05, 0.1) is 6.42 Å². The molecular weight excluding hydrogens is 220 g/mol. The third kappa shape index (κ3) is 3.91. The van der Waals surface area contributed by atoms with Gasteiger partial charge in [-0.05, 0) is 18.3 Å². The van der Waals surface area contributed by atoms with Gasteiger partial charge in [0.15, 0.2) is 0 Å². The Labute approximate surface area is 102 Å². The van der Waals surface area contributed by atoms with Gasteiger partial charge in [-0.3, -0.25) is 4.79 Å². The highest BCUT2D eigenvalue weighted by molar-refractivity contribution is 5.75. The average Bonchev–Trinajstić information content (AvgIpc) is 2.28. The molecule has 0 bridgehead atoms. The van der Waals surface area contributed by atoms with E-state index in [-0.39, 0.29) is 19.0 Å². The molecule has 98 valence electrons. The van der Waals surface area contributed by atoms with Gasteiger partial charge >= 0.3 is 12.0 Å². The van der Waals surface area contributed by atoms with E-state index in [0.29, 0.717) is 11.8 Å². The molecule has 5 nitrogen and oxygen atoms in total. The summed E-state index contributed by atoms with van der Waals surface area (Å²) in [6.45, 7) is 6.19. The second-order valence-corrected chi connectivity index (χ2v) is 5.04. The lowest BCUT2D eigenvalue weighted by atomic mass is 9.89. The predicted molar refractivity (Wildman–Crippen MR) is 64.8 cm³/mol. The van der Waals surface area contributed by atoms with Gasteiger partial charge in [0.1, 0.15) is 0 Å². The Bertz CT molecular complexity index is 293. The molecule has 1 fully saturated rings. The maximum Gasteiger partial charge on any atom is 0.319 e. The van der Waals surface area contributed by atoms with Gasteiger partial charge in [-0.15, -0.1) is 0 Å². The van der Waals surface area contributed by atoms with Crippen molar-refractivity contribution < 1.29 is 14.7 Å². The molecule has 1 rings (SSSR count). The van der Waals surface area contributed by atoms with Crippen molar-refractivity contribution in [2.24, 2.45) is 11.8 Å². The van der Waals surface area contributed by atoms with Crippen molar-refractivity contribution in [1.82, 2.24) is 9.80 Å². The Kier molecular flexibility index (Phi) is 4.78. The predicted octanol–water partition coefficient (Wildman–Crippen LogP) is 1.49. The maximum absolute atomic E-state index is 12.0. The first kappa shape index (κ1) is 13.8. The number of amides is 2. The summed E-state index contributed by atoms with van der Waals surface area (Å²) in [6, 6.07) is -0.0509. The number of carboxylic acid groups (broad SMARTS) is 1. The number of urea groups is 1. The minimum atomic E-state index is -0.870. The second kappa shape index (κ2) is 5.89. The topological polar surface area (TPSA) is 60.9 Å². The zero-order valence-corrected chi connectivity index (χ0v) is 10.8. The standard InChI is InChI=1S/C12H22N2O3/c1-9-4-7-14(8-10(9)2)12(17)13(3)6-5-11(15)16/h9-10H,4-8H2,1-3H3,(H,15,16). The Morgan fingerprint density at radius 3 is 2.53 bits per heavy atom. The summed E-state index contributed by atoms with van der Waals surface area (Å²) in [5, 5.41) is 8.58. The molecule has 1 N–H and O–H groups in total. The first-order valence-electron chi connectivity index (χ1n) is 6.13. The molecule has 2 amide bonds. The van der Waals surface area contributed by atoms with E-state index >= 15 is 0 Å². The SMILES string of the molecule is CC1CCN(C(=O)N(C)CCC(=O)O)CC1C. The average molecular weight is 242 g/mol. The molecule has 0 saturated carbocycles. The van der Waals surface area contributed by atoms with E-state index in [0.717, 1.165) is 19.5 Å². The summed E-state index contributed by atoms with van der Waals surface area (Å²) < 4.78 is 0. The molecular formula is C12H22N2O3. The lowest BCUT2D eigenvalue weighted by Gasteiger charge is -2.37. The quantitative estimate of drug-likeness (QED) is 0.815. The van der Waals surface area contributed by atoms with Crippen LogP contribution in [0.5, 0.6) is 0 Å². The van der Waals surface area contributed by atoms with Crippen molar-refractivity contribution in [3.63, 3.8) is 0 Å². The van der Waals surface area contributed by atoms with Crippen LogP contribution in [-0.2, 0) is 4.79 Å². The molecule has 2 unspecified atom stereocenters.